The summed E-state index contributed by atoms with van der Waals surface area (Å²) in [4.78, 5) is 18.5. The fourth-order valence-electron chi connectivity index (χ4n) is 2.59. The van der Waals surface area contributed by atoms with E-state index in [0.717, 1.165) is 32.2 Å². The first kappa shape index (κ1) is 11.9. The molecule has 0 unspecified atom stereocenters. The molecule has 0 aliphatic carbocycles. The van der Waals surface area contributed by atoms with Gasteiger partial charge in [0.1, 0.15) is 0 Å². The maximum atomic E-state index is 11.5. The molecule has 2 heterocycles. The summed E-state index contributed by atoms with van der Waals surface area (Å²) >= 11 is 0. The van der Waals surface area contributed by atoms with Crippen molar-refractivity contribution < 1.29 is 4.79 Å². The number of carbonyl (C=O) groups is 1. The monoisotopic (exact) mass is 225 g/mol. The fraction of sp³-hybridized carbons (Fsp3) is 0.917. The molecule has 16 heavy (non-hydrogen) atoms. The van der Waals surface area contributed by atoms with Crippen LogP contribution in [0, 0.1) is 0 Å². The second kappa shape index (κ2) is 5.15. The van der Waals surface area contributed by atoms with E-state index in [1.807, 2.05) is 11.8 Å². The molecule has 0 aromatic heterocycles. The zero-order chi connectivity index (χ0) is 11.5. The average molecular weight is 225 g/mol. The van der Waals surface area contributed by atoms with E-state index in [4.69, 9.17) is 0 Å². The maximum absolute atomic E-state index is 11.5. The van der Waals surface area contributed by atoms with Crippen molar-refractivity contribution in [2.45, 2.75) is 26.3 Å². The van der Waals surface area contributed by atoms with Gasteiger partial charge in [0, 0.05) is 51.7 Å². The van der Waals surface area contributed by atoms with Gasteiger partial charge in [0.2, 0.25) is 5.91 Å². The van der Waals surface area contributed by atoms with Gasteiger partial charge < -0.3 is 9.80 Å². The molecular formula is C12H23N3O. The lowest BCUT2D eigenvalue weighted by atomic mass is 10.1. The third-order valence-corrected chi connectivity index (χ3v) is 3.87. The summed E-state index contributed by atoms with van der Waals surface area (Å²) in [5.41, 5.74) is 0. The number of amides is 1. The van der Waals surface area contributed by atoms with E-state index in [9.17, 15) is 4.79 Å². The summed E-state index contributed by atoms with van der Waals surface area (Å²) in [5, 5.41) is 0. The normalized spacial score (nSPS) is 24.5. The van der Waals surface area contributed by atoms with Crippen molar-refractivity contribution in [2.24, 2.45) is 0 Å². The molecule has 2 fully saturated rings. The Kier molecular flexibility index (Phi) is 3.82. The molecule has 2 saturated heterocycles. The number of hydrogen-bond acceptors (Lipinski definition) is 3. The highest BCUT2D eigenvalue weighted by Crippen LogP contribution is 2.16. The second-order valence-corrected chi connectivity index (χ2v) is 4.78. The zero-order valence-electron chi connectivity index (χ0n) is 10.5. The van der Waals surface area contributed by atoms with Crippen LogP contribution in [0.15, 0.2) is 0 Å². The third-order valence-electron chi connectivity index (χ3n) is 3.87. The van der Waals surface area contributed by atoms with Crippen molar-refractivity contribution in [1.82, 2.24) is 14.7 Å². The Morgan fingerprint density at radius 2 is 1.75 bits per heavy atom. The molecule has 2 aliphatic heterocycles. The molecule has 0 radical (unpaired) electrons. The summed E-state index contributed by atoms with van der Waals surface area (Å²) in [6, 6.07) is 0.749. The Hall–Kier alpha value is -0.610. The molecule has 4 nitrogen and oxygen atoms in total. The first-order valence-electron chi connectivity index (χ1n) is 6.48. The number of hydrogen-bond donors (Lipinski definition) is 0. The molecular weight excluding hydrogens is 202 g/mol. The lowest BCUT2D eigenvalue weighted by molar-refractivity contribution is -0.133. The third kappa shape index (κ3) is 2.38. The predicted molar refractivity (Wildman–Crippen MR) is 64.3 cm³/mol. The van der Waals surface area contributed by atoms with Crippen LogP contribution in [-0.2, 0) is 4.79 Å². The van der Waals surface area contributed by atoms with Crippen molar-refractivity contribution in [1.29, 1.82) is 0 Å². The SMILES string of the molecule is CCC(=O)N1CCN(C2CN(CC)C2)CC1. The van der Waals surface area contributed by atoms with Gasteiger partial charge in [-0.05, 0) is 6.54 Å². The lowest BCUT2D eigenvalue weighted by Gasteiger charge is -2.48. The predicted octanol–water partition coefficient (Wildman–Crippen LogP) is 0.245. The number of piperazine rings is 1. The molecule has 0 aromatic carbocycles. The van der Waals surface area contributed by atoms with Crippen LogP contribution in [0.3, 0.4) is 0 Å². The summed E-state index contributed by atoms with van der Waals surface area (Å²) in [6.45, 7) is 11.8. The number of rotatable bonds is 3. The maximum Gasteiger partial charge on any atom is 0.222 e. The topological polar surface area (TPSA) is 26.8 Å². The van der Waals surface area contributed by atoms with E-state index in [1.165, 1.54) is 19.6 Å². The molecule has 0 N–H and O–H groups in total. The molecule has 0 aromatic rings. The van der Waals surface area contributed by atoms with Gasteiger partial charge in [0.25, 0.3) is 0 Å². The molecule has 0 bridgehead atoms. The Bertz CT molecular complexity index is 243. The lowest BCUT2D eigenvalue weighted by Crippen LogP contribution is -2.63. The number of likely N-dealkylation sites (tertiary alicyclic amines) is 1. The molecule has 0 saturated carbocycles. The minimum absolute atomic E-state index is 0.309. The summed E-state index contributed by atoms with van der Waals surface area (Å²) < 4.78 is 0. The summed E-state index contributed by atoms with van der Waals surface area (Å²) in [5.74, 6) is 0.309. The van der Waals surface area contributed by atoms with Crippen molar-refractivity contribution >= 4 is 5.91 Å². The van der Waals surface area contributed by atoms with Gasteiger partial charge in [-0.1, -0.05) is 13.8 Å². The largest absolute Gasteiger partial charge is 0.340 e. The van der Waals surface area contributed by atoms with E-state index >= 15 is 0 Å². The number of carbonyl (C=O) groups excluding carboxylic acids is 1. The van der Waals surface area contributed by atoms with Gasteiger partial charge in [-0.15, -0.1) is 0 Å². The molecule has 4 heteroatoms. The molecule has 92 valence electrons. The number of likely N-dealkylation sites (N-methyl/N-ethyl adjacent to an activating group) is 1. The smallest absolute Gasteiger partial charge is 0.222 e. The highest BCUT2D eigenvalue weighted by molar-refractivity contribution is 5.75. The van der Waals surface area contributed by atoms with Crippen molar-refractivity contribution in [2.75, 3.05) is 45.8 Å². The van der Waals surface area contributed by atoms with Gasteiger partial charge in [-0.3, -0.25) is 9.69 Å². The van der Waals surface area contributed by atoms with E-state index in [1.54, 1.807) is 0 Å². The van der Waals surface area contributed by atoms with Crippen LogP contribution in [0.2, 0.25) is 0 Å². The summed E-state index contributed by atoms with van der Waals surface area (Å²) in [7, 11) is 0. The van der Waals surface area contributed by atoms with Crippen LogP contribution in [-0.4, -0.2) is 72.5 Å². The zero-order valence-corrected chi connectivity index (χ0v) is 10.5. The van der Waals surface area contributed by atoms with Crippen LogP contribution >= 0.6 is 0 Å². The van der Waals surface area contributed by atoms with Crippen molar-refractivity contribution in [3.8, 4) is 0 Å². The number of nitrogens with zero attached hydrogens (tertiary/aromatic N) is 3. The quantitative estimate of drug-likeness (QED) is 0.688. The van der Waals surface area contributed by atoms with Crippen LogP contribution in [0.4, 0.5) is 0 Å². The van der Waals surface area contributed by atoms with Gasteiger partial charge in [-0.2, -0.15) is 0 Å². The van der Waals surface area contributed by atoms with Gasteiger partial charge in [0.15, 0.2) is 0 Å². The average Bonchev–Trinajstić information content (AvgIpc) is 2.27. The van der Waals surface area contributed by atoms with Crippen LogP contribution in [0.5, 0.6) is 0 Å². The standard InChI is InChI=1S/C12H23N3O/c1-3-12(16)15-7-5-14(6-8-15)11-9-13(4-2)10-11/h11H,3-10H2,1-2H3. The first-order chi connectivity index (χ1) is 7.74. The molecule has 1 amide bonds. The van der Waals surface area contributed by atoms with E-state index in [0.29, 0.717) is 12.3 Å². The minimum Gasteiger partial charge on any atom is -0.340 e. The Morgan fingerprint density at radius 3 is 2.25 bits per heavy atom. The highest BCUT2D eigenvalue weighted by Gasteiger charge is 2.32. The Balaban J connectivity index is 1.72. The van der Waals surface area contributed by atoms with Crippen LogP contribution in [0.1, 0.15) is 20.3 Å². The first-order valence-corrected chi connectivity index (χ1v) is 6.48. The Labute approximate surface area is 98.2 Å². The van der Waals surface area contributed by atoms with Crippen molar-refractivity contribution in [3.05, 3.63) is 0 Å². The van der Waals surface area contributed by atoms with Gasteiger partial charge in [0.05, 0.1) is 0 Å². The highest BCUT2D eigenvalue weighted by atomic mass is 16.2. The molecule has 0 atom stereocenters. The molecule has 2 aliphatic rings. The fourth-order valence-corrected chi connectivity index (χ4v) is 2.59. The Morgan fingerprint density at radius 1 is 1.12 bits per heavy atom. The molecule has 0 spiro atoms. The van der Waals surface area contributed by atoms with Crippen LogP contribution < -0.4 is 0 Å². The second-order valence-electron chi connectivity index (χ2n) is 4.78. The van der Waals surface area contributed by atoms with Crippen molar-refractivity contribution in [3.63, 3.8) is 0 Å². The molecule has 2 rings (SSSR count). The summed E-state index contributed by atoms with van der Waals surface area (Å²) in [6.07, 6.45) is 0.646. The minimum atomic E-state index is 0.309. The van der Waals surface area contributed by atoms with E-state index < -0.39 is 0 Å². The van der Waals surface area contributed by atoms with E-state index in [-0.39, 0.29) is 0 Å². The van der Waals surface area contributed by atoms with Crippen LogP contribution in [0.25, 0.3) is 0 Å². The van der Waals surface area contributed by atoms with Gasteiger partial charge >= 0.3 is 0 Å². The van der Waals surface area contributed by atoms with Gasteiger partial charge in [-0.25, -0.2) is 0 Å². The van der Waals surface area contributed by atoms with E-state index in [2.05, 4.69) is 16.7 Å².